The van der Waals surface area contributed by atoms with Gasteiger partial charge in [0.25, 0.3) is 0 Å². The van der Waals surface area contributed by atoms with Crippen LogP contribution in [0.2, 0.25) is 0 Å². The van der Waals surface area contributed by atoms with Gasteiger partial charge in [-0.25, -0.2) is 21.6 Å². The summed E-state index contributed by atoms with van der Waals surface area (Å²) >= 11 is 0. The van der Waals surface area contributed by atoms with Gasteiger partial charge >= 0.3 is 6.09 Å². The van der Waals surface area contributed by atoms with Crippen molar-refractivity contribution in [2.75, 3.05) is 57.1 Å². The molecule has 0 saturated carbocycles. The van der Waals surface area contributed by atoms with Crippen LogP contribution in [0.25, 0.3) is 0 Å². The van der Waals surface area contributed by atoms with E-state index in [2.05, 4.69) is 4.90 Å². The first-order chi connectivity index (χ1) is 15.1. The van der Waals surface area contributed by atoms with Gasteiger partial charge in [-0.15, -0.1) is 0 Å². The molecule has 0 N–H and O–H groups in total. The molecule has 2 fully saturated rings. The number of nitrogens with zero attached hydrogens (tertiary/aromatic N) is 3. The highest BCUT2D eigenvalue weighted by Gasteiger charge is 2.41. The Bertz CT molecular complexity index is 1050. The van der Waals surface area contributed by atoms with Crippen molar-refractivity contribution in [3.05, 3.63) is 29.8 Å². The molecular formula is C21H29N3O6S2. The van der Waals surface area contributed by atoms with Crippen LogP contribution in [0.1, 0.15) is 18.4 Å². The van der Waals surface area contributed by atoms with E-state index in [0.717, 1.165) is 19.3 Å². The Hall–Kier alpha value is -2.16. The number of hydrogen-bond donors (Lipinski definition) is 0. The Morgan fingerprint density at radius 3 is 2.22 bits per heavy atom. The predicted octanol–water partition coefficient (Wildman–Crippen LogP) is 1.16. The van der Waals surface area contributed by atoms with Gasteiger partial charge in [-0.2, -0.15) is 5.26 Å². The van der Waals surface area contributed by atoms with Crippen LogP contribution >= 0.6 is 0 Å². The molecule has 2 unspecified atom stereocenters. The molecule has 0 radical (unpaired) electrons. The third-order valence-electron chi connectivity index (χ3n) is 5.94. The van der Waals surface area contributed by atoms with E-state index >= 15 is 0 Å². The van der Waals surface area contributed by atoms with Crippen LogP contribution in [0.15, 0.2) is 29.2 Å². The van der Waals surface area contributed by atoms with Crippen molar-refractivity contribution in [2.45, 2.75) is 17.7 Å². The number of rotatable bonds is 9. The molecule has 2 aliphatic heterocycles. The van der Waals surface area contributed by atoms with E-state index in [1.807, 2.05) is 6.07 Å². The molecule has 32 heavy (non-hydrogen) atoms. The van der Waals surface area contributed by atoms with Crippen LogP contribution < -0.4 is 0 Å². The van der Waals surface area contributed by atoms with Gasteiger partial charge in [0.1, 0.15) is 9.84 Å². The summed E-state index contributed by atoms with van der Waals surface area (Å²) in [5, 5.41) is 8.83. The Balaban J connectivity index is 1.37. The highest BCUT2D eigenvalue weighted by atomic mass is 32.2. The molecule has 0 aromatic heterocycles. The molecule has 0 spiro atoms. The zero-order chi connectivity index (χ0) is 23.4. The van der Waals surface area contributed by atoms with Crippen molar-refractivity contribution < 1.29 is 26.4 Å². The van der Waals surface area contributed by atoms with Gasteiger partial charge in [-0.1, -0.05) is 0 Å². The highest BCUT2D eigenvalue weighted by molar-refractivity contribution is 7.91. The Morgan fingerprint density at radius 2 is 1.66 bits per heavy atom. The molecule has 0 bridgehead atoms. The summed E-state index contributed by atoms with van der Waals surface area (Å²) in [6.45, 7) is 3.63. The SMILES string of the molecule is CS(=O)(=O)CCCOC(=O)N1CC2CN(CCCS(=O)(=O)c3ccc(C#N)cc3)CC2C1. The van der Waals surface area contributed by atoms with Crippen LogP contribution in [0.5, 0.6) is 0 Å². The Kier molecular flexibility index (Phi) is 7.79. The van der Waals surface area contributed by atoms with E-state index in [4.69, 9.17) is 10.00 Å². The monoisotopic (exact) mass is 483 g/mol. The van der Waals surface area contributed by atoms with Gasteiger partial charge in [0.2, 0.25) is 0 Å². The maximum atomic E-state index is 12.5. The molecule has 2 atom stereocenters. The summed E-state index contributed by atoms with van der Waals surface area (Å²) in [5.74, 6) is 0.736. The zero-order valence-corrected chi connectivity index (χ0v) is 19.8. The third kappa shape index (κ3) is 6.67. The largest absolute Gasteiger partial charge is 0.449 e. The Labute approximate surface area is 189 Å². The number of amides is 1. The molecule has 11 heteroatoms. The molecule has 2 heterocycles. The molecule has 1 aromatic carbocycles. The summed E-state index contributed by atoms with van der Waals surface area (Å²) in [6.07, 6.45) is 1.58. The predicted molar refractivity (Wildman–Crippen MR) is 118 cm³/mol. The number of hydrogen-bond acceptors (Lipinski definition) is 8. The van der Waals surface area contributed by atoms with Crippen LogP contribution in [0.3, 0.4) is 0 Å². The topological polar surface area (TPSA) is 125 Å². The fourth-order valence-electron chi connectivity index (χ4n) is 4.33. The van der Waals surface area contributed by atoms with Gasteiger partial charge in [0.15, 0.2) is 9.84 Å². The van der Waals surface area contributed by atoms with Crippen molar-refractivity contribution in [3.8, 4) is 6.07 Å². The van der Waals surface area contributed by atoms with Crippen molar-refractivity contribution >= 4 is 25.8 Å². The number of sulfone groups is 2. The molecule has 1 aromatic rings. The number of likely N-dealkylation sites (tertiary alicyclic amines) is 2. The summed E-state index contributed by atoms with van der Waals surface area (Å²) in [4.78, 5) is 16.4. The fourth-order valence-corrected chi connectivity index (χ4v) is 6.26. The molecule has 176 valence electrons. The van der Waals surface area contributed by atoms with Gasteiger partial charge in [0, 0.05) is 32.4 Å². The second-order valence-electron chi connectivity index (χ2n) is 8.59. The van der Waals surface area contributed by atoms with Crippen LogP contribution in [0.4, 0.5) is 4.79 Å². The lowest BCUT2D eigenvalue weighted by atomic mass is 10.0. The van der Waals surface area contributed by atoms with E-state index in [0.29, 0.717) is 49.9 Å². The molecular weight excluding hydrogens is 454 g/mol. The lowest BCUT2D eigenvalue weighted by Crippen LogP contribution is -2.34. The number of carbonyl (C=O) groups is 1. The van der Waals surface area contributed by atoms with E-state index in [1.165, 1.54) is 24.3 Å². The minimum atomic E-state index is -3.38. The van der Waals surface area contributed by atoms with Gasteiger partial charge < -0.3 is 14.5 Å². The van der Waals surface area contributed by atoms with Crippen molar-refractivity contribution in [1.29, 1.82) is 5.26 Å². The lowest BCUT2D eigenvalue weighted by Gasteiger charge is -2.21. The van der Waals surface area contributed by atoms with Gasteiger partial charge in [0.05, 0.1) is 34.6 Å². The smallest absolute Gasteiger partial charge is 0.409 e. The summed E-state index contributed by atoms with van der Waals surface area (Å²) < 4.78 is 52.4. The molecule has 1 amide bonds. The maximum Gasteiger partial charge on any atom is 0.409 e. The minimum Gasteiger partial charge on any atom is -0.449 e. The number of ether oxygens (including phenoxy) is 1. The first kappa shape index (κ1) is 24.5. The third-order valence-corrected chi connectivity index (χ3v) is 8.78. The van der Waals surface area contributed by atoms with Gasteiger partial charge in [-0.05, 0) is 55.5 Å². The summed E-state index contributed by atoms with van der Waals surface area (Å²) in [5.41, 5.74) is 0.430. The standard InChI is InChI=1S/C21H29N3O6S2/c1-31(26,27)10-3-9-30-21(25)24-15-18-13-23(14-19(18)16-24)8-2-11-32(28,29)20-6-4-17(12-22)5-7-20/h4-7,18-19H,2-3,8-11,13-16H2,1H3. The van der Waals surface area contributed by atoms with Gasteiger partial charge in [-0.3, -0.25) is 0 Å². The van der Waals surface area contributed by atoms with E-state index in [-0.39, 0.29) is 23.0 Å². The number of fused-ring (bicyclic) bond motifs is 1. The van der Waals surface area contributed by atoms with Crippen LogP contribution in [-0.4, -0.2) is 89.8 Å². The zero-order valence-electron chi connectivity index (χ0n) is 18.1. The van der Waals surface area contributed by atoms with Crippen LogP contribution in [-0.2, 0) is 24.4 Å². The molecule has 9 nitrogen and oxygen atoms in total. The first-order valence-electron chi connectivity index (χ1n) is 10.6. The molecule has 2 aliphatic rings. The van der Waals surface area contributed by atoms with E-state index < -0.39 is 25.8 Å². The maximum absolute atomic E-state index is 12.5. The highest BCUT2D eigenvalue weighted by Crippen LogP contribution is 2.31. The lowest BCUT2D eigenvalue weighted by molar-refractivity contribution is 0.106. The second-order valence-corrected chi connectivity index (χ2v) is 13.0. The minimum absolute atomic E-state index is 0.00138. The quantitative estimate of drug-likeness (QED) is 0.479. The average molecular weight is 484 g/mol. The average Bonchev–Trinajstić information content (AvgIpc) is 3.29. The number of carbonyl (C=O) groups excluding carboxylic acids is 1. The fraction of sp³-hybridized carbons (Fsp3) is 0.619. The van der Waals surface area contributed by atoms with E-state index in [1.54, 1.807) is 4.90 Å². The number of benzene rings is 1. The summed E-state index contributed by atoms with van der Waals surface area (Å²) in [6, 6.07) is 7.95. The second kappa shape index (κ2) is 10.2. The van der Waals surface area contributed by atoms with Crippen molar-refractivity contribution in [1.82, 2.24) is 9.80 Å². The molecule has 0 aliphatic carbocycles. The van der Waals surface area contributed by atoms with E-state index in [9.17, 15) is 21.6 Å². The summed E-state index contributed by atoms with van der Waals surface area (Å²) in [7, 11) is -6.43. The van der Waals surface area contributed by atoms with Crippen LogP contribution in [0, 0.1) is 23.2 Å². The number of nitriles is 1. The molecule has 3 rings (SSSR count). The van der Waals surface area contributed by atoms with Crippen molar-refractivity contribution in [2.24, 2.45) is 11.8 Å². The molecule has 2 saturated heterocycles. The Morgan fingerprint density at radius 1 is 1.03 bits per heavy atom. The normalized spacial score (nSPS) is 21.3. The van der Waals surface area contributed by atoms with Crippen molar-refractivity contribution in [3.63, 3.8) is 0 Å². The first-order valence-corrected chi connectivity index (χ1v) is 14.3.